The van der Waals surface area contributed by atoms with E-state index in [4.69, 9.17) is 0 Å². The standard InChI is InChI=1S/C25H18F2N2O/c26-19-12-18(13-20(27)14-19)22-6-3-5-17-15-29(25(30)24(17)22)11-10-21-9-8-16-4-1-2-7-23(16)28-21/h1-9,12-14H,10-11,15H2. The van der Waals surface area contributed by atoms with Crippen LogP contribution in [0.5, 0.6) is 0 Å². The molecular formula is C25H18F2N2O. The molecule has 0 radical (unpaired) electrons. The van der Waals surface area contributed by atoms with Crippen molar-refractivity contribution >= 4 is 16.8 Å². The zero-order valence-corrected chi connectivity index (χ0v) is 16.1. The Labute approximate surface area is 172 Å². The molecule has 0 atom stereocenters. The van der Waals surface area contributed by atoms with E-state index >= 15 is 0 Å². The maximum Gasteiger partial charge on any atom is 0.255 e. The fourth-order valence-electron chi connectivity index (χ4n) is 4.05. The van der Waals surface area contributed by atoms with Gasteiger partial charge in [-0.15, -0.1) is 0 Å². The predicted molar refractivity (Wildman–Crippen MR) is 112 cm³/mol. The molecule has 148 valence electrons. The number of pyridine rings is 1. The average molecular weight is 400 g/mol. The molecule has 0 unspecified atom stereocenters. The number of nitrogens with zero attached hydrogens (tertiary/aromatic N) is 2. The fourth-order valence-corrected chi connectivity index (χ4v) is 4.05. The van der Waals surface area contributed by atoms with Gasteiger partial charge in [-0.1, -0.05) is 42.5 Å². The second-order valence-electron chi connectivity index (χ2n) is 7.47. The molecule has 1 aliphatic heterocycles. The lowest BCUT2D eigenvalue weighted by atomic mass is 9.96. The number of benzene rings is 3. The molecule has 0 spiro atoms. The van der Waals surface area contributed by atoms with Crippen LogP contribution in [0.4, 0.5) is 8.78 Å². The van der Waals surface area contributed by atoms with Crippen LogP contribution in [-0.2, 0) is 13.0 Å². The van der Waals surface area contributed by atoms with Crippen LogP contribution in [0, 0.1) is 11.6 Å². The van der Waals surface area contributed by atoms with Gasteiger partial charge in [0.2, 0.25) is 0 Å². The lowest BCUT2D eigenvalue weighted by molar-refractivity contribution is 0.0780. The Morgan fingerprint density at radius 2 is 1.70 bits per heavy atom. The molecule has 3 nitrogen and oxygen atoms in total. The van der Waals surface area contributed by atoms with E-state index in [0.29, 0.717) is 36.2 Å². The van der Waals surface area contributed by atoms with Crippen molar-refractivity contribution in [1.82, 2.24) is 9.88 Å². The summed E-state index contributed by atoms with van der Waals surface area (Å²) < 4.78 is 27.4. The quantitative estimate of drug-likeness (QED) is 0.461. The van der Waals surface area contributed by atoms with Crippen molar-refractivity contribution in [2.75, 3.05) is 6.54 Å². The summed E-state index contributed by atoms with van der Waals surface area (Å²) in [5, 5.41) is 1.08. The molecule has 4 aromatic rings. The Morgan fingerprint density at radius 3 is 2.53 bits per heavy atom. The Bertz CT molecular complexity index is 1270. The summed E-state index contributed by atoms with van der Waals surface area (Å²) in [6.45, 7) is 1.00. The molecule has 3 aromatic carbocycles. The van der Waals surface area contributed by atoms with Gasteiger partial charge >= 0.3 is 0 Å². The van der Waals surface area contributed by atoms with Gasteiger partial charge in [-0.05, 0) is 41.0 Å². The molecule has 30 heavy (non-hydrogen) atoms. The van der Waals surface area contributed by atoms with Gasteiger partial charge in [-0.2, -0.15) is 0 Å². The molecule has 0 bridgehead atoms. The van der Waals surface area contributed by atoms with Gasteiger partial charge in [-0.25, -0.2) is 8.78 Å². The minimum absolute atomic E-state index is 0.119. The molecule has 1 aromatic heterocycles. The fraction of sp³-hybridized carbons (Fsp3) is 0.120. The van der Waals surface area contributed by atoms with Crippen molar-refractivity contribution in [3.8, 4) is 11.1 Å². The molecule has 5 heteroatoms. The number of carbonyl (C=O) groups excluding carboxylic acids is 1. The lowest BCUT2D eigenvalue weighted by Crippen LogP contribution is -2.26. The average Bonchev–Trinajstić information content (AvgIpc) is 3.07. The minimum atomic E-state index is -0.660. The van der Waals surface area contributed by atoms with Crippen LogP contribution in [-0.4, -0.2) is 22.3 Å². The summed E-state index contributed by atoms with van der Waals surface area (Å²) in [4.78, 5) is 19.6. The molecule has 0 saturated carbocycles. The van der Waals surface area contributed by atoms with Crippen molar-refractivity contribution < 1.29 is 13.6 Å². The van der Waals surface area contributed by atoms with Crippen LogP contribution in [0.1, 0.15) is 21.6 Å². The smallest absolute Gasteiger partial charge is 0.255 e. The first kappa shape index (κ1) is 18.4. The summed E-state index contributed by atoms with van der Waals surface area (Å²) in [5.41, 5.74) is 4.17. The van der Waals surface area contributed by atoms with Gasteiger partial charge in [0, 0.05) is 36.7 Å². The number of hydrogen-bond acceptors (Lipinski definition) is 2. The number of amides is 1. The van der Waals surface area contributed by atoms with E-state index in [1.54, 1.807) is 11.0 Å². The van der Waals surface area contributed by atoms with E-state index in [-0.39, 0.29) is 5.91 Å². The molecule has 1 aliphatic rings. The number of aromatic nitrogens is 1. The van der Waals surface area contributed by atoms with Gasteiger partial charge in [0.25, 0.3) is 5.91 Å². The molecule has 0 aliphatic carbocycles. The second-order valence-corrected chi connectivity index (χ2v) is 7.47. The van der Waals surface area contributed by atoms with Crippen molar-refractivity contribution in [2.45, 2.75) is 13.0 Å². The minimum Gasteiger partial charge on any atom is -0.334 e. The highest BCUT2D eigenvalue weighted by Gasteiger charge is 2.30. The Hall–Kier alpha value is -3.60. The number of fused-ring (bicyclic) bond motifs is 2. The molecule has 2 heterocycles. The number of halogens is 2. The highest BCUT2D eigenvalue weighted by Crippen LogP contribution is 2.33. The van der Waals surface area contributed by atoms with Crippen molar-refractivity contribution in [2.24, 2.45) is 0 Å². The Morgan fingerprint density at radius 1 is 0.900 bits per heavy atom. The van der Waals surface area contributed by atoms with Crippen LogP contribution in [0.15, 0.2) is 72.8 Å². The SMILES string of the molecule is O=C1c2c(cccc2-c2cc(F)cc(F)c2)CN1CCc1ccc2ccccc2n1. The first-order valence-corrected chi connectivity index (χ1v) is 9.81. The molecular weight excluding hydrogens is 382 g/mol. The van der Waals surface area contributed by atoms with E-state index < -0.39 is 11.6 Å². The van der Waals surface area contributed by atoms with Crippen molar-refractivity contribution in [3.63, 3.8) is 0 Å². The zero-order valence-electron chi connectivity index (χ0n) is 16.1. The van der Waals surface area contributed by atoms with E-state index in [1.165, 1.54) is 12.1 Å². The highest BCUT2D eigenvalue weighted by atomic mass is 19.1. The van der Waals surface area contributed by atoms with Crippen LogP contribution in [0.3, 0.4) is 0 Å². The lowest BCUT2D eigenvalue weighted by Gasteiger charge is -2.15. The van der Waals surface area contributed by atoms with Gasteiger partial charge in [0.1, 0.15) is 11.6 Å². The second kappa shape index (κ2) is 7.34. The largest absolute Gasteiger partial charge is 0.334 e. The van der Waals surface area contributed by atoms with Gasteiger partial charge in [0.15, 0.2) is 0 Å². The normalized spacial score (nSPS) is 13.1. The van der Waals surface area contributed by atoms with Crippen LogP contribution in [0.2, 0.25) is 0 Å². The summed E-state index contributed by atoms with van der Waals surface area (Å²) in [6.07, 6.45) is 0.633. The Balaban J connectivity index is 1.40. The van der Waals surface area contributed by atoms with Crippen molar-refractivity contribution in [1.29, 1.82) is 0 Å². The molecule has 0 N–H and O–H groups in total. The maximum atomic E-state index is 13.7. The first-order chi connectivity index (χ1) is 14.6. The van der Waals surface area contributed by atoms with Crippen LogP contribution in [0.25, 0.3) is 22.0 Å². The van der Waals surface area contributed by atoms with Crippen LogP contribution < -0.4 is 0 Å². The summed E-state index contributed by atoms with van der Waals surface area (Å²) in [6, 6.07) is 20.7. The molecule has 0 fully saturated rings. The van der Waals surface area contributed by atoms with E-state index in [1.807, 2.05) is 48.5 Å². The summed E-state index contributed by atoms with van der Waals surface area (Å²) in [5.74, 6) is -1.44. The summed E-state index contributed by atoms with van der Waals surface area (Å²) >= 11 is 0. The number of para-hydroxylation sites is 1. The van der Waals surface area contributed by atoms with E-state index in [2.05, 4.69) is 4.98 Å². The van der Waals surface area contributed by atoms with Gasteiger partial charge in [0.05, 0.1) is 11.1 Å². The highest BCUT2D eigenvalue weighted by molar-refractivity contribution is 6.04. The monoisotopic (exact) mass is 400 g/mol. The summed E-state index contributed by atoms with van der Waals surface area (Å²) in [7, 11) is 0. The third kappa shape index (κ3) is 3.32. The van der Waals surface area contributed by atoms with E-state index in [0.717, 1.165) is 28.2 Å². The van der Waals surface area contributed by atoms with Gasteiger partial charge < -0.3 is 4.90 Å². The first-order valence-electron chi connectivity index (χ1n) is 9.81. The molecule has 5 rings (SSSR count). The molecule has 0 saturated heterocycles. The maximum absolute atomic E-state index is 13.7. The third-order valence-corrected chi connectivity index (χ3v) is 5.48. The van der Waals surface area contributed by atoms with Crippen molar-refractivity contribution in [3.05, 3.63) is 101 Å². The predicted octanol–water partition coefficient (Wildman–Crippen LogP) is 5.38. The van der Waals surface area contributed by atoms with E-state index in [9.17, 15) is 13.6 Å². The van der Waals surface area contributed by atoms with Crippen LogP contribution >= 0.6 is 0 Å². The topological polar surface area (TPSA) is 33.2 Å². The molecule has 1 amide bonds. The Kier molecular flexibility index (Phi) is 4.51. The van der Waals surface area contributed by atoms with Gasteiger partial charge in [-0.3, -0.25) is 9.78 Å². The third-order valence-electron chi connectivity index (χ3n) is 5.48. The number of carbonyl (C=O) groups is 1. The zero-order chi connectivity index (χ0) is 20.7. The number of hydrogen-bond donors (Lipinski definition) is 0. The number of rotatable bonds is 4.